The van der Waals surface area contributed by atoms with E-state index in [1.54, 1.807) is 0 Å². The van der Waals surface area contributed by atoms with Crippen LogP contribution in [0, 0.1) is 0 Å². The molecule has 0 N–H and O–H groups in total. The average Bonchev–Trinajstić information content (AvgIpc) is 2.90. The second-order valence-corrected chi connectivity index (χ2v) is 13.2. The molecule has 4 nitrogen and oxygen atoms in total. The lowest BCUT2D eigenvalue weighted by molar-refractivity contribution is -0.201. The fraction of sp³-hybridized carbons (Fsp3) is 1.00. The molecule has 0 aromatic carbocycles. The van der Waals surface area contributed by atoms with Crippen LogP contribution < -0.4 is 0 Å². The van der Waals surface area contributed by atoms with Gasteiger partial charge < -0.3 is 9.47 Å². The first-order valence-corrected chi connectivity index (χ1v) is 15.7. The van der Waals surface area contributed by atoms with Gasteiger partial charge in [-0.25, -0.2) is 0 Å². The molecule has 0 aromatic heterocycles. The number of ether oxygens (including phenoxy) is 2. The molecule has 0 amide bonds. The molecule has 0 spiro atoms. The lowest BCUT2D eigenvalue weighted by Gasteiger charge is -2.59. The number of fused-ring (bicyclic) bond motifs is 4. The molecular formula is C30H50N2O2. The third kappa shape index (κ3) is 4.11. The SMILES string of the molecule is C1CCC2C(C1)OC1CCCCC1N2C1CCC(N2C3CCCCC3OC3CCCCC32)CC1. The van der Waals surface area contributed by atoms with Gasteiger partial charge in [0.05, 0.1) is 24.4 Å². The molecule has 7 aliphatic rings. The molecule has 0 bridgehead atoms. The van der Waals surface area contributed by atoms with Crippen LogP contribution in [0.1, 0.15) is 128 Å². The van der Waals surface area contributed by atoms with E-state index in [-0.39, 0.29) is 0 Å². The molecular weight excluding hydrogens is 420 g/mol. The van der Waals surface area contributed by atoms with Crippen LogP contribution in [0.5, 0.6) is 0 Å². The summed E-state index contributed by atoms with van der Waals surface area (Å²) in [6, 6.07) is 4.54. The topological polar surface area (TPSA) is 24.9 Å². The Morgan fingerprint density at radius 2 is 0.588 bits per heavy atom. The smallest absolute Gasteiger partial charge is 0.0735 e. The molecule has 8 atom stereocenters. The van der Waals surface area contributed by atoms with Crippen molar-refractivity contribution in [2.24, 2.45) is 0 Å². The van der Waals surface area contributed by atoms with Crippen LogP contribution in [0.2, 0.25) is 0 Å². The molecule has 2 aliphatic heterocycles. The van der Waals surface area contributed by atoms with Crippen molar-refractivity contribution in [3.05, 3.63) is 0 Å². The summed E-state index contributed by atoms with van der Waals surface area (Å²) in [5.74, 6) is 0. The van der Waals surface area contributed by atoms with Crippen molar-refractivity contribution in [1.82, 2.24) is 9.80 Å². The van der Waals surface area contributed by atoms with Gasteiger partial charge in [-0.3, -0.25) is 9.80 Å². The minimum atomic E-state index is 0.538. The molecule has 4 heteroatoms. The normalized spacial score (nSPS) is 50.5. The highest BCUT2D eigenvalue weighted by Crippen LogP contribution is 2.45. The van der Waals surface area contributed by atoms with Crippen molar-refractivity contribution in [1.29, 1.82) is 0 Å². The van der Waals surface area contributed by atoms with Gasteiger partial charge in [0.25, 0.3) is 0 Å². The quantitative estimate of drug-likeness (QED) is 0.479. The van der Waals surface area contributed by atoms with E-state index in [9.17, 15) is 0 Å². The van der Waals surface area contributed by atoms with Crippen LogP contribution in [-0.4, -0.2) is 70.5 Å². The molecule has 7 rings (SSSR count). The minimum absolute atomic E-state index is 0.538. The lowest BCUT2D eigenvalue weighted by Crippen LogP contribution is -2.67. The van der Waals surface area contributed by atoms with Gasteiger partial charge in [0.15, 0.2) is 0 Å². The third-order valence-corrected chi connectivity index (χ3v) is 11.4. The molecule has 8 unspecified atom stereocenters. The van der Waals surface area contributed by atoms with E-state index in [1.165, 1.54) is 128 Å². The van der Waals surface area contributed by atoms with Crippen LogP contribution in [0.15, 0.2) is 0 Å². The number of morpholine rings is 2. The van der Waals surface area contributed by atoms with E-state index >= 15 is 0 Å². The van der Waals surface area contributed by atoms with Gasteiger partial charge in [-0.05, 0) is 77.0 Å². The highest BCUT2D eigenvalue weighted by molar-refractivity contribution is 5.04. The maximum Gasteiger partial charge on any atom is 0.0735 e. The molecule has 7 fully saturated rings. The van der Waals surface area contributed by atoms with Crippen molar-refractivity contribution in [2.45, 2.75) is 189 Å². The van der Waals surface area contributed by atoms with Crippen LogP contribution in [0.25, 0.3) is 0 Å². The van der Waals surface area contributed by atoms with Crippen LogP contribution in [0.3, 0.4) is 0 Å². The Kier molecular flexibility index (Phi) is 6.73. The molecule has 2 heterocycles. The number of hydrogen-bond acceptors (Lipinski definition) is 4. The Balaban J connectivity index is 1.08. The fourth-order valence-corrected chi connectivity index (χ4v) is 9.99. The van der Waals surface area contributed by atoms with Gasteiger partial charge >= 0.3 is 0 Å². The highest BCUT2D eigenvalue weighted by atomic mass is 16.5. The van der Waals surface area contributed by atoms with Gasteiger partial charge in [-0.1, -0.05) is 51.4 Å². The predicted octanol–water partition coefficient (Wildman–Crippen LogP) is 6.21. The summed E-state index contributed by atoms with van der Waals surface area (Å²) < 4.78 is 13.6. The molecule has 34 heavy (non-hydrogen) atoms. The zero-order valence-corrected chi connectivity index (χ0v) is 21.6. The van der Waals surface area contributed by atoms with E-state index < -0.39 is 0 Å². The second kappa shape index (κ2) is 9.95. The summed E-state index contributed by atoms with van der Waals surface area (Å²) in [7, 11) is 0. The Morgan fingerprint density at radius 1 is 0.324 bits per heavy atom. The number of nitrogens with zero attached hydrogens (tertiary/aromatic N) is 2. The van der Waals surface area contributed by atoms with E-state index in [4.69, 9.17) is 9.47 Å². The zero-order valence-electron chi connectivity index (χ0n) is 21.6. The van der Waals surface area contributed by atoms with Crippen molar-refractivity contribution < 1.29 is 9.47 Å². The second-order valence-electron chi connectivity index (χ2n) is 13.2. The van der Waals surface area contributed by atoms with Gasteiger partial charge in [-0.15, -0.1) is 0 Å². The molecule has 0 aromatic rings. The maximum atomic E-state index is 6.79. The van der Waals surface area contributed by atoms with Crippen LogP contribution >= 0.6 is 0 Å². The van der Waals surface area contributed by atoms with Gasteiger partial charge in [0, 0.05) is 36.3 Å². The Morgan fingerprint density at radius 3 is 0.882 bits per heavy atom. The van der Waals surface area contributed by atoms with Crippen molar-refractivity contribution in [2.75, 3.05) is 0 Å². The first-order chi connectivity index (χ1) is 16.9. The minimum Gasteiger partial charge on any atom is -0.372 e. The summed E-state index contributed by atoms with van der Waals surface area (Å²) in [6.07, 6.45) is 30.0. The summed E-state index contributed by atoms with van der Waals surface area (Å²) in [5.41, 5.74) is 0. The van der Waals surface area contributed by atoms with E-state index in [2.05, 4.69) is 9.80 Å². The molecule has 5 aliphatic carbocycles. The summed E-state index contributed by atoms with van der Waals surface area (Å²) >= 11 is 0. The van der Waals surface area contributed by atoms with E-state index in [0.717, 1.165) is 36.3 Å². The largest absolute Gasteiger partial charge is 0.372 e. The molecule has 0 radical (unpaired) electrons. The Bertz CT molecular complexity index is 591. The molecule has 192 valence electrons. The van der Waals surface area contributed by atoms with Gasteiger partial charge in [0.2, 0.25) is 0 Å². The highest BCUT2D eigenvalue weighted by Gasteiger charge is 2.51. The van der Waals surface area contributed by atoms with Crippen LogP contribution in [-0.2, 0) is 9.47 Å². The number of hydrogen-bond donors (Lipinski definition) is 0. The Labute approximate surface area is 208 Å². The zero-order chi connectivity index (χ0) is 22.5. The van der Waals surface area contributed by atoms with Crippen molar-refractivity contribution in [3.63, 3.8) is 0 Å². The molecule has 5 saturated carbocycles. The van der Waals surface area contributed by atoms with Crippen molar-refractivity contribution in [3.8, 4) is 0 Å². The Hall–Kier alpha value is -0.160. The third-order valence-electron chi connectivity index (χ3n) is 11.4. The first-order valence-electron chi connectivity index (χ1n) is 15.7. The predicted molar refractivity (Wildman–Crippen MR) is 136 cm³/mol. The van der Waals surface area contributed by atoms with Gasteiger partial charge in [0.1, 0.15) is 0 Å². The van der Waals surface area contributed by atoms with Crippen LogP contribution in [0.4, 0.5) is 0 Å². The molecule has 2 saturated heterocycles. The maximum absolute atomic E-state index is 6.79. The van der Waals surface area contributed by atoms with E-state index in [1.807, 2.05) is 0 Å². The monoisotopic (exact) mass is 470 g/mol. The average molecular weight is 471 g/mol. The van der Waals surface area contributed by atoms with Gasteiger partial charge in [-0.2, -0.15) is 0 Å². The standard InChI is InChI=1S/C30H50N2O2/c1-5-13-27-23(9-1)31(24-10-2-6-14-28(24)33-27)21-17-19-22(20-18-21)32-25-11-3-7-15-29(25)34-30-16-8-4-12-26(30)32/h21-30H,1-20H2. The van der Waals surface area contributed by atoms with Crippen molar-refractivity contribution >= 4 is 0 Å². The number of rotatable bonds is 2. The lowest BCUT2D eigenvalue weighted by atomic mass is 9.77. The first kappa shape index (κ1) is 23.0. The summed E-state index contributed by atoms with van der Waals surface area (Å²) in [5, 5.41) is 0. The van der Waals surface area contributed by atoms with E-state index in [0.29, 0.717) is 24.4 Å². The summed E-state index contributed by atoms with van der Waals surface area (Å²) in [4.78, 5) is 6.22. The fourth-order valence-electron chi connectivity index (χ4n) is 9.99. The summed E-state index contributed by atoms with van der Waals surface area (Å²) in [6.45, 7) is 0.